The van der Waals surface area contributed by atoms with Crippen LogP contribution in [0.4, 0.5) is 4.39 Å². The topological polar surface area (TPSA) is 24.9 Å². The molecule has 1 unspecified atom stereocenters. The van der Waals surface area contributed by atoms with Crippen molar-refractivity contribution in [2.75, 3.05) is 13.1 Å². The molecule has 1 saturated heterocycles. The molecular weight excluding hydrogens is 187 g/mol. The Morgan fingerprint density at radius 3 is 3.08 bits per heavy atom. The van der Waals surface area contributed by atoms with Gasteiger partial charge in [-0.2, -0.15) is 0 Å². The Morgan fingerprint density at radius 1 is 1.69 bits per heavy atom. The molecule has 1 aliphatic rings. The van der Waals surface area contributed by atoms with Crippen molar-refractivity contribution in [2.24, 2.45) is 0 Å². The normalized spacial score (nSPS) is 22.5. The molecule has 1 atom stereocenters. The van der Waals surface area contributed by atoms with Gasteiger partial charge in [0.25, 0.3) is 0 Å². The van der Waals surface area contributed by atoms with E-state index >= 15 is 0 Å². The molecule has 1 aromatic rings. The first-order valence-electron chi connectivity index (χ1n) is 4.54. The van der Waals surface area contributed by atoms with Crippen LogP contribution in [0.1, 0.15) is 27.9 Å². The second kappa shape index (κ2) is 3.72. The lowest BCUT2D eigenvalue weighted by molar-refractivity contribution is 0.489. The molecule has 13 heavy (non-hydrogen) atoms. The van der Waals surface area contributed by atoms with Crippen LogP contribution in [0.2, 0.25) is 0 Å². The summed E-state index contributed by atoms with van der Waals surface area (Å²) in [5.41, 5.74) is 0.870. The number of nitrogens with zero attached hydrogens (tertiary/aromatic N) is 1. The van der Waals surface area contributed by atoms with Crippen LogP contribution in [0.5, 0.6) is 0 Å². The van der Waals surface area contributed by atoms with Crippen molar-refractivity contribution in [3.05, 3.63) is 15.6 Å². The highest BCUT2D eigenvalue weighted by Gasteiger charge is 2.20. The van der Waals surface area contributed by atoms with Crippen LogP contribution in [-0.2, 0) is 6.67 Å². The summed E-state index contributed by atoms with van der Waals surface area (Å²) in [7, 11) is 0. The Hall–Kier alpha value is -0.480. The fraction of sp³-hybridized carbons (Fsp3) is 0.667. The standard InChI is InChI=1S/C9H13FN2S/c1-6-8(4-10)13-9(12-6)7-2-3-11-5-7/h7,11H,2-5H2,1H3. The van der Waals surface area contributed by atoms with Gasteiger partial charge in [0, 0.05) is 12.5 Å². The molecule has 0 aliphatic carbocycles. The Balaban J connectivity index is 2.20. The minimum atomic E-state index is -0.371. The molecule has 1 N–H and O–H groups in total. The van der Waals surface area contributed by atoms with Crippen molar-refractivity contribution in [3.8, 4) is 0 Å². The molecule has 2 nitrogen and oxygen atoms in total. The van der Waals surface area contributed by atoms with Gasteiger partial charge in [-0.15, -0.1) is 11.3 Å². The fourth-order valence-corrected chi connectivity index (χ4v) is 2.67. The quantitative estimate of drug-likeness (QED) is 0.789. The Morgan fingerprint density at radius 2 is 2.54 bits per heavy atom. The van der Waals surface area contributed by atoms with Crippen molar-refractivity contribution in [2.45, 2.75) is 25.9 Å². The number of nitrogens with one attached hydrogen (secondary N) is 1. The number of hydrogen-bond donors (Lipinski definition) is 1. The highest BCUT2D eigenvalue weighted by atomic mass is 32.1. The van der Waals surface area contributed by atoms with Crippen LogP contribution in [0.15, 0.2) is 0 Å². The number of hydrogen-bond acceptors (Lipinski definition) is 3. The third kappa shape index (κ3) is 1.74. The first-order chi connectivity index (χ1) is 6.31. The SMILES string of the molecule is Cc1nc(C2CCNC2)sc1CF. The zero-order valence-electron chi connectivity index (χ0n) is 7.64. The number of alkyl halides is 1. The first kappa shape index (κ1) is 9.09. The van der Waals surface area contributed by atoms with E-state index in [-0.39, 0.29) is 6.67 Å². The highest BCUT2D eigenvalue weighted by Crippen LogP contribution is 2.29. The maximum absolute atomic E-state index is 12.4. The second-order valence-corrected chi connectivity index (χ2v) is 4.50. The number of aromatic nitrogens is 1. The molecule has 2 heterocycles. The Kier molecular flexibility index (Phi) is 2.60. The summed E-state index contributed by atoms with van der Waals surface area (Å²) in [6.07, 6.45) is 1.14. The van der Waals surface area contributed by atoms with Gasteiger partial charge in [-0.05, 0) is 19.9 Å². The summed E-state index contributed by atoms with van der Waals surface area (Å²) in [6, 6.07) is 0. The molecule has 1 aliphatic heterocycles. The summed E-state index contributed by atoms with van der Waals surface area (Å²) < 4.78 is 12.4. The number of aryl methyl sites for hydroxylation is 1. The molecular formula is C9H13FN2S. The van der Waals surface area contributed by atoms with E-state index in [0.29, 0.717) is 5.92 Å². The van der Waals surface area contributed by atoms with Gasteiger partial charge in [-0.3, -0.25) is 0 Å². The summed E-state index contributed by atoms with van der Waals surface area (Å²) in [6.45, 7) is 3.58. The van der Waals surface area contributed by atoms with E-state index in [2.05, 4.69) is 10.3 Å². The molecule has 1 aromatic heterocycles. The largest absolute Gasteiger partial charge is 0.316 e. The van der Waals surface area contributed by atoms with E-state index in [0.717, 1.165) is 35.1 Å². The van der Waals surface area contributed by atoms with Gasteiger partial charge in [0.2, 0.25) is 0 Å². The zero-order chi connectivity index (χ0) is 9.26. The lowest BCUT2D eigenvalue weighted by Crippen LogP contribution is -2.07. The number of halogens is 1. The molecule has 0 bridgehead atoms. The van der Waals surface area contributed by atoms with E-state index in [1.165, 1.54) is 11.3 Å². The predicted molar refractivity (Wildman–Crippen MR) is 51.9 cm³/mol. The van der Waals surface area contributed by atoms with Gasteiger partial charge in [0.05, 0.1) is 15.6 Å². The smallest absolute Gasteiger partial charge is 0.126 e. The zero-order valence-corrected chi connectivity index (χ0v) is 8.46. The average Bonchev–Trinajstić information content (AvgIpc) is 2.71. The van der Waals surface area contributed by atoms with Gasteiger partial charge in [0.15, 0.2) is 0 Å². The summed E-state index contributed by atoms with van der Waals surface area (Å²) in [5, 5.41) is 4.40. The van der Waals surface area contributed by atoms with Gasteiger partial charge >= 0.3 is 0 Å². The van der Waals surface area contributed by atoms with Crippen LogP contribution in [-0.4, -0.2) is 18.1 Å². The van der Waals surface area contributed by atoms with E-state index in [1.807, 2.05) is 6.92 Å². The fourth-order valence-electron chi connectivity index (χ4n) is 1.61. The molecule has 0 aromatic carbocycles. The van der Waals surface area contributed by atoms with Gasteiger partial charge < -0.3 is 5.32 Å². The molecule has 72 valence electrons. The van der Waals surface area contributed by atoms with Gasteiger partial charge in [0.1, 0.15) is 6.67 Å². The first-order valence-corrected chi connectivity index (χ1v) is 5.36. The van der Waals surface area contributed by atoms with Crippen molar-refractivity contribution in [3.63, 3.8) is 0 Å². The summed E-state index contributed by atoms with van der Waals surface area (Å²) in [5.74, 6) is 0.518. The van der Waals surface area contributed by atoms with E-state index in [9.17, 15) is 4.39 Å². The second-order valence-electron chi connectivity index (χ2n) is 3.38. The van der Waals surface area contributed by atoms with Crippen LogP contribution in [0.3, 0.4) is 0 Å². The molecule has 0 saturated carbocycles. The van der Waals surface area contributed by atoms with E-state index < -0.39 is 0 Å². The van der Waals surface area contributed by atoms with Crippen molar-refractivity contribution in [1.82, 2.24) is 10.3 Å². The van der Waals surface area contributed by atoms with Crippen LogP contribution in [0.25, 0.3) is 0 Å². The monoisotopic (exact) mass is 200 g/mol. The number of rotatable bonds is 2. The summed E-state index contributed by atoms with van der Waals surface area (Å²) >= 11 is 1.53. The molecule has 1 fully saturated rings. The minimum absolute atomic E-state index is 0.371. The highest BCUT2D eigenvalue weighted by molar-refractivity contribution is 7.11. The summed E-state index contributed by atoms with van der Waals surface area (Å²) in [4.78, 5) is 5.20. The molecule has 4 heteroatoms. The van der Waals surface area contributed by atoms with Crippen molar-refractivity contribution < 1.29 is 4.39 Å². The molecule has 0 amide bonds. The number of thiazole rings is 1. The van der Waals surface area contributed by atoms with Crippen LogP contribution < -0.4 is 5.32 Å². The lowest BCUT2D eigenvalue weighted by Gasteiger charge is -2.01. The minimum Gasteiger partial charge on any atom is -0.316 e. The molecule has 2 rings (SSSR count). The Bertz CT molecular complexity index is 292. The van der Waals surface area contributed by atoms with Crippen LogP contribution in [0, 0.1) is 6.92 Å². The lowest BCUT2D eigenvalue weighted by atomic mass is 10.1. The van der Waals surface area contributed by atoms with E-state index in [1.54, 1.807) is 0 Å². The molecule has 0 radical (unpaired) electrons. The third-order valence-corrected chi connectivity index (χ3v) is 3.72. The average molecular weight is 200 g/mol. The van der Waals surface area contributed by atoms with Gasteiger partial charge in [-0.25, -0.2) is 9.37 Å². The predicted octanol–water partition coefficient (Wildman–Crippen LogP) is 2.00. The van der Waals surface area contributed by atoms with Crippen molar-refractivity contribution >= 4 is 11.3 Å². The maximum atomic E-state index is 12.4. The molecule has 0 spiro atoms. The maximum Gasteiger partial charge on any atom is 0.126 e. The third-order valence-electron chi connectivity index (χ3n) is 2.44. The Labute approximate surface area is 81.2 Å². The van der Waals surface area contributed by atoms with Crippen LogP contribution >= 0.6 is 11.3 Å². The van der Waals surface area contributed by atoms with E-state index in [4.69, 9.17) is 0 Å². The van der Waals surface area contributed by atoms with Crippen molar-refractivity contribution in [1.29, 1.82) is 0 Å². The van der Waals surface area contributed by atoms with Gasteiger partial charge in [-0.1, -0.05) is 0 Å².